The van der Waals surface area contributed by atoms with E-state index in [1.54, 1.807) is 10.7 Å². The number of fused-ring (bicyclic) bond motifs is 1. The standard InChI is InChI=1S/C29H33F3N6O2/c1-20-9-15-36(16-10-20)19-25(39)22-4-6-23(7-5-22)33-28-34-27-24(3-2-14-38(27)35-28)21-11-17-37(18-12-21)26(40)8-13-29(30,31)32/h2-7,11,14,20H,8-10,12-13,15-19H2,1H3,(H,33,35). The second-order valence-electron chi connectivity index (χ2n) is 10.6. The van der Waals surface area contributed by atoms with Gasteiger partial charge in [-0.15, -0.1) is 5.10 Å². The van der Waals surface area contributed by atoms with Crippen molar-refractivity contribution in [1.82, 2.24) is 24.4 Å². The summed E-state index contributed by atoms with van der Waals surface area (Å²) in [7, 11) is 0. The number of Topliss-reactive ketones (excluding diaryl/α,β-unsaturated/α-hetero) is 1. The van der Waals surface area contributed by atoms with E-state index in [1.165, 1.54) is 4.90 Å². The molecule has 8 nitrogen and oxygen atoms in total. The van der Waals surface area contributed by atoms with Crippen molar-refractivity contribution in [2.75, 3.05) is 38.0 Å². The fourth-order valence-corrected chi connectivity index (χ4v) is 5.14. The third kappa shape index (κ3) is 6.88. The van der Waals surface area contributed by atoms with Crippen molar-refractivity contribution in [2.45, 2.75) is 45.2 Å². The first kappa shape index (κ1) is 27.8. The van der Waals surface area contributed by atoms with E-state index >= 15 is 0 Å². The lowest BCUT2D eigenvalue weighted by molar-refractivity contribution is -0.148. The van der Waals surface area contributed by atoms with E-state index in [4.69, 9.17) is 0 Å². The summed E-state index contributed by atoms with van der Waals surface area (Å²) in [5.74, 6) is 0.738. The SMILES string of the molecule is CC1CCN(CC(=O)c2ccc(Nc3nc4c(C5=CCN(C(=O)CCC(F)(F)F)CC5)cccn4n3)cc2)CC1. The zero-order valence-electron chi connectivity index (χ0n) is 22.5. The third-order valence-corrected chi connectivity index (χ3v) is 7.60. The maximum atomic E-state index is 12.7. The number of anilines is 2. The summed E-state index contributed by atoms with van der Waals surface area (Å²) in [5.41, 5.74) is 3.89. The van der Waals surface area contributed by atoms with Crippen molar-refractivity contribution in [3.05, 3.63) is 59.8 Å². The number of hydrogen-bond acceptors (Lipinski definition) is 6. The zero-order chi connectivity index (χ0) is 28.3. The molecule has 2 aromatic heterocycles. The molecule has 3 aromatic rings. The molecule has 11 heteroatoms. The average Bonchev–Trinajstić information content (AvgIpc) is 3.35. The Balaban J connectivity index is 1.22. The normalized spacial score (nSPS) is 17.2. The molecule has 5 rings (SSSR count). The predicted octanol–water partition coefficient (Wildman–Crippen LogP) is 5.35. The first-order valence-electron chi connectivity index (χ1n) is 13.7. The topological polar surface area (TPSA) is 82.8 Å². The van der Waals surface area contributed by atoms with Crippen molar-refractivity contribution in [1.29, 1.82) is 0 Å². The number of benzene rings is 1. The minimum atomic E-state index is -4.34. The highest BCUT2D eigenvalue weighted by Gasteiger charge is 2.29. The van der Waals surface area contributed by atoms with Crippen LogP contribution in [0.2, 0.25) is 0 Å². The molecular weight excluding hydrogens is 521 g/mol. The highest BCUT2D eigenvalue weighted by atomic mass is 19.4. The van der Waals surface area contributed by atoms with Gasteiger partial charge in [-0.05, 0) is 80.2 Å². The summed E-state index contributed by atoms with van der Waals surface area (Å²) in [6.45, 7) is 5.22. The van der Waals surface area contributed by atoms with Crippen LogP contribution in [0, 0.1) is 5.92 Å². The Morgan fingerprint density at radius 2 is 1.82 bits per heavy atom. The Morgan fingerprint density at radius 1 is 1.07 bits per heavy atom. The minimum Gasteiger partial charge on any atom is -0.339 e. The number of alkyl halides is 3. The molecule has 0 bridgehead atoms. The fourth-order valence-electron chi connectivity index (χ4n) is 5.14. The molecule has 0 saturated carbocycles. The summed E-state index contributed by atoms with van der Waals surface area (Å²) in [4.78, 5) is 33.2. The maximum absolute atomic E-state index is 12.7. The Labute approximate surface area is 230 Å². The van der Waals surface area contributed by atoms with Gasteiger partial charge in [-0.1, -0.05) is 13.0 Å². The van der Waals surface area contributed by atoms with Crippen LogP contribution in [0.4, 0.5) is 24.8 Å². The Bertz CT molecular complexity index is 1390. The number of carbonyl (C=O) groups is 2. The molecule has 0 spiro atoms. The highest BCUT2D eigenvalue weighted by molar-refractivity contribution is 5.98. The van der Waals surface area contributed by atoms with Gasteiger partial charge in [0.2, 0.25) is 11.9 Å². The van der Waals surface area contributed by atoms with Crippen LogP contribution in [0.1, 0.15) is 54.9 Å². The molecule has 40 heavy (non-hydrogen) atoms. The maximum Gasteiger partial charge on any atom is 0.389 e. The number of piperidine rings is 1. The monoisotopic (exact) mass is 554 g/mol. The smallest absolute Gasteiger partial charge is 0.339 e. The second kappa shape index (κ2) is 11.8. The molecule has 1 N–H and O–H groups in total. The van der Waals surface area contributed by atoms with Crippen LogP contribution < -0.4 is 5.32 Å². The Hall–Kier alpha value is -3.73. The molecule has 1 aromatic carbocycles. The fraction of sp³-hybridized carbons (Fsp3) is 0.448. The van der Waals surface area contributed by atoms with Gasteiger partial charge in [0.15, 0.2) is 11.4 Å². The van der Waals surface area contributed by atoms with Gasteiger partial charge in [-0.25, -0.2) is 4.52 Å². The number of hydrogen-bond donors (Lipinski definition) is 1. The van der Waals surface area contributed by atoms with E-state index in [-0.39, 0.29) is 12.3 Å². The molecule has 1 saturated heterocycles. The lowest BCUT2D eigenvalue weighted by atomic mass is 9.98. The number of carbonyl (C=O) groups excluding carboxylic acids is 2. The Morgan fingerprint density at radius 3 is 2.50 bits per heavy atom. The minimum absolute atomic E-state index is 0.109. The van der Waals surface area contributed by atoms with E-state index in [0.29, 0.717) is 36.7 Å². The van der Waals surface area contributed by atoms with Crippen LogP contribution in [0.3, 0.4) is 0 Å². The lowest BCUT2D eigenvalue weighted by Crippen LogP contribution is -2.36. The summed E-state index contributed by atoms with van der Waals surface area (Å²) in [6, 6.07) is 11.1. The summed E-state index contributed by atoms with van der Waals surface area (Å²) in [5, 5.41) is 7.71. The largest absolute Gasteiger partial charge is 0.389 e. The van der Waals surface area contributed by atoms with Crippen LogP contribution in [0.5, 0.6) is 0 Å². The van der Waals surface area contributed by atoms with Gasteiger partial charge < -0.3 is 10.2 Å². The number of aromatic nitrogens is 3. The number of nitrogens with one attached hydrogen (secondary N) is 1. The zero-order valence-corrected chi connectivity index (χ0v) is 22.5. The number of nitrogens with zero attached hydrogens (tertiary/aromatic N) is 5. The van der Waals surface area contributed by atoms with Gasteiger partial charge in [0, 0.05) is 42.5 Å². The summed E-state index contributed by atoms with van der Waals surface area (Å²) >= 11 is 0. The number of pyridine rings is 1. The molecule has 1 fully saturated rings. The Kier molecular flexibility index (Phi) is 8.20. The molecule has 0 atom stereocenters. The van der Waals surface area contributed by atoms with Crippen LogP contribution >= 0.6 is 0 Å². The summed E-state index contributed by atoms with van der Waals surface area (Å²) < 4.78 is 39.1. The molecule has 0 radical (unpaired) electrons. The predicted molar refractivity (Wildman–Crippen MR) is 146 cm³/mol. The number of halogens is 3. The summed E-state index contributed by atoms with van der Waals surface area (Å²) in [6.07, 6.45) is 0.447. The quantitative estimate of drug-likeness (QED) is 0.379. The van der Waals surface area contributed by atoms with Gasteiger partial charge in [-0.2, -0.15) is 18.2 Å². The van der Waals surface area contributed by atoms with E-state index < -0.39 is 24.9 Å². The third-order valence-electron chi connectivity index (χ3n) is 7.60. The first-order chi connectivity index (χ1) is 19.1. The molecule has 4 heterocycles. The van der Waals surface area contributed by atoms with Crippen LogP contribution in [-0.2, 0) is 4.79 Å². The van der Waals surface area contributed by atoms with Gasteiger partial charge in [0.05, 0.1) is 13.0 Å². The molecule has 0 unspecified atom stereocenters. The van der Waals surface area contributed by atoms with Gasteiger partial charge in [0.1, 0.15) is 0 Å². The number of ketones is 1. The van der Waals surface area contributed by atoms with Crippen molar-refractivity contribution in [2.24, 2.45) is 5.92 Å². The van der Waals surface area contributed by atoms with Crippen LogP contribution in [-0.4, -0.2) is 75.0 Å². The van der Waals surface area contributed by atoms with Crippen molar-refractivity contribution in [3.8, 4) is 0 Å². The molecule has 2 aliphatic rings. The molecular formula is C29H33F3N6O2. The highest BCUT2D eigenvalue weighted by Crippen LogP contribution is 2.28. The first-order valence-corrected chi connectivity index (χ1v) is 13.7. The van der Waals surface area contributed by atoms with Gasteiger partial charge in [0.25, 0.3) is 0 Å². The van der Waals surface area contributed by atoms with E-state index in [9.17, 15) is 22.8 Å². The van der Waals surface area contributed by atoms with Crippen molar-refractivity contribution >= 4 is 34.5 Å². The molecule has 2 aliphatic heterocycles. The molecule has 212 valence electrons. The van der Waals surface area contributed by atoms with E-state index in [1.807, 2.05) is 42.5 Å². The lowest BCUT2D eigenvalue weighted by Gasteiger charge is -2.29. The number of rotatable bonds is 8. The number of amides is 1. The average molecular weight is 555 g/mol. The molecule has 1 amide bonds. The molecule has 0 aliphatic carbocycles. The van der Waals surface area contributed by atoms with Crippen LogP contribution in [0.25, 0.3) is 11.2 Å². The van der Waals surface area contributed by atoms with Gasteiger partial charge >= 0.3 is 6.18 Å². The number of likely N-dealkylation sites (tertiary alicyclic amines) is 1. The van der Waals surface area contributed by atoms with E-state index in [2.05, 4.69) is 27.2 Å². The van der Waals surface area contributed by atoms with Crippen LogP contribution in [0.15, 0.2) is 48.7 Å². The van der Waals surface area contributed by atoms with Crippen molar-refractivity contribution < 1.29 is 22.8 Å². The van der Waals surface area contributed by atoms with Crippen molar-refractivity contribution in [3.63, 3.8) is 0 Å². The van der Waals surface area contributed by atoms with E-state index in [0.717, 1.165) is 48.7 Å². The second-order valence-corrected chi connectivity index (χ2v) is 10.6. The van der Waals surface area contributed by atoms with Gasteiger partial charge in [-0.3, -0.25) is 14.5 Å².